The minimum absolute atomic E-state index is 0.121. The van der Waals surface area contributed by atoms with E-state index in [1.165, 1.54) is 6.07 Å². The zero-order chi connectivity index (χ0) is 16.8. The second kappa shape index (κ2) is 7.75. The molecule has 124 valence electrons. The Bertz CT molecular complexity index is 726. The van der Waals surface area contributed by atoms with Crippen molar-refractivity contribution in [3.05, 3.63) is 40.8 Å². The monoisotopic (exact) mass is 320 g/mol. The Kier molecular flexibility index (Phi) is 5.72. The number of nitrogens with one attached hydrogen (secondary N) is 1. The lowest BCUT2D eigenvalue weighted by Crippen LogP contribution is -2.41. The van der Waals surface area contributed by atoms with E-state index >= 15 is 0 Å². The number of fused-ring (bicyclic) bond motifs is 1. The zero-order valence-electron chi connectivity index (χ0n) is 12.8. The highest BCUT2D eigenvalue weighted by Crippen LogP contribution is 2.19. The molecule has 1 aromatic heterocycles. The third kappa shape index (κ3) is 5.08. The Balaban J connectivity index is 1.82. The molecule has 0 bridgehead atoms. The predicted octanol–water partition coefficient (Wildman–Crippen LogP) is 0.386. The van der Waals surface area contributed by atoms with Gasteiger partial charge in [0.25, 0.3) is 0 Å². The lowest BCUT2D eigenvalue weighted by molar-refractivity contribution is -0.122. The van der Waals surface area contributed by atoms with E-state index in [0.29, 0.717) is 17.8 Å². The number of carbonyl (C=O) groups excluding carboxylic acids is 1. The number of nitrogens with two attached hydrogens (primary N) is 1. The van der Waals surface area contributed by atoms with Crippen LogP contribution in [0.4, 0.5) is 0 Å². The maximum absolute atomic E-state index is 11.3. The number of rotatable bonds is 7. The molecule has 2 unspecified atom stereocenters. The highest BCUT2D eigenvalue weighted by molar-refractivity contribution is 5.81. The third-order valence-electron chi connectivity index (χ3n) is 3.24. The number of ether oxygens (including phenoxy) is 1. The van der Waals surface area contributed by atoms with Gasteiger partial charge in [-0.2, -0.15) is 0 Å². The topological polar surface area (TPSA) is 115 Å². The first-order valence-corrected chi connectivity index (χ1v) is 7.34. The smallest absolute Gasteiger partial charge is 0.336 e. The maximum atomic E-state index is 11.3. The van der Waals surface area contributed by atoms with Gasteiger partial charge in [0.1, 0.15) is 11.3 Å². The SMILES string of the molecule is CC(N)C(=O)NCC(O)CCOc1ccc2ccc(=O)oc2c1. The van der Waals surface area contributed by atoms with Gasteiger partial charge in [-0.05, 0) is 25.1 Å². The second-order valence-electron chi connectivity index (χ2n) is 5.28. The summed E-state index contributed by atoms with van der Waals surface area (Å²) in [6.45, 7) is 1.96. The van der Waals surface area contributed by atoms with Crippen molar-refractivity contribution < 1.29 is 19.1 Å². The number of amides is 1. The van der Waals surface area contributed by atoms with Gasteiger partial charge in [-0.15, -0.1) is 0 Å². The van der Waals surface area contributed by atoms with E-state index in [0.717, 1.165) is 5.39 Å². The Hall–Kier alpha value is -2.38. The minimum atomic E-state index is -0.726. The van der Waals surface area contributed by atoms with Gasteiger partial charge in [-0.3, -0.25) is 4.79 Å². The van der Waals surface area contributed by atoms with Gasteiger partial charge < -0.3 is 25.3 Å². The summed E-state index contributed by atoms with van der Waals surface area (Å²) in [4.78, 5) is 22.5. The molecular weight excluding hydrogens is 300 g/mol. The summed E-state index contributed by atoms with van der Waals surface area (Å²) in [5.74, 6) is 0.230. The third-order valence-corrected chi connectivity index (χ3v) is 3.24. The highest BCUT2D eigenvalue weighted by Gasteiger charge is 2.10. The van der Waals surface area contributed by atoms with Crippen molar-refractivity contribution in [2.45, 2.75) is 25.5 Å². The fourth-order valence-corrected chi connectivity index (χ4v) is 1.93. The molecule has 0 spiro atoms. The van der Waals surface area contributed by atoms with Crippen LogP contribution < -0.4 is 21.4 Å². The lowest BCUT2D eigenvalue weighted by atomic mass is 10.2. The summed E-state index contributed by atoms with van der Waals surface area (Å²) in [6.07, 6.45) is -0.383. The van der Waals surface area contributed by atoms with Crippen molar-refractivity contribution in [3.63, 3.8) is 0 Å². The molecule has 4 N–H and O–H groups in total. The van der Waals surface area contributed by atoms with E-state index in [4.69, 9.17) is 14.9 Å². The van der Waals surface area contributed by atoms with E-state index in [2.05, 4.69) is 5.32 Å². The summed E-state index contributed by atoms with van der Waals surface area (Å²) in [5, 5.41) is 13.1. The first-order valence-electron chi connectivity index (χ1n) is 7.34. The molecule has 0 aliphatic carbocycles. The molecule has 0 aliphatic rings. The van der Waals surface area contributed by atoms with Crippen LogP contribution in [-0.2, 0) is 4.79 Å². The van der Waals surface area contributed by atoms with Crippen molar-refractivity contribution in [3.8, 4) is 5.75 Å². The van der Waals surface area contributed by atoms with Crippen molar-refractivity contribution in [1.29, 1.82) is 0 Å². The molecule has 7 heteroatoms. The minimum Gasteiger partial charge on any atom is -0.493 e. The number of carbonyl (C=O) groups is 1. The highest BCUT2D eigenvalue weighted by atomic mass is 16.5. The molecule has 2 atom stereocenters. The van der Waals surface area contributed by atoms with E-state index in [9.17, 15) is 14.7 Å². The molecule has 0 fully saturated rings. The number of hydrogen-bond donors (Lipinski definition) is 3. The average molecular weight is 320 g/mol. The largest absolute Gasteiger partial charge is 0.493 e. The fourth-order valence-electron chi connectivity index (χ4n) is 1.93. The van der Waals surface area contributed by atoms with Crippen molar-refractivity contribution in [1.82, 2.24) is 5.32 Å². The fraction of sp³-hybridized carbons (Fsp3) is 0.375. The van der Waals surface area contributed by atoms with Crippen LogP contribution in [0.2, 0.25) is 0 Å². The summed E-state index contributed by atoms with van der Waals surface area (Å²) < 4.78 is 10.6. The Labute approximate surface area is 133 Å². The molecule has 0 aliphatic heterocycles. The summed E-state index contributed by atoms with van der Waals surface area (Å²) >= 11 is 0. The van der Waals surface area contributed by atoms with E-state index in [-0.39, 0.29) is 19.1 Å². The van der Waals surface area contributed by atoms with Gasteiger partial charge in [0.2, 0.25) is 5.91 Å². The molecule has 0 radical (unpaired) electrons. The van der Waals surface area contributed by atoms with Crippen molar-refractivity contribution in [2.75, 3.05) is 13.2 Å². The van der Waals surface area contributed by atoms with Crippen LogP contribution in [-0.4, -0.2) is 36.3 Å². The Morgan fingerprint density at radius 1 is 1.39 bits per heavy atom. The predicted molar refractivity (Wildman–Crippen MR) is 85.3 cm³/mol. The Morgan fingerprint density at radius 3 is 2.87 bits per heavy atom. The Morgan fingerprint density at radius 2 is 2.13 bits per heavy atom. The molecule has 0 saturated heterocycles. The first kappa shape index (κ1) is 17.0. The van der Waals surface area contributed by atoms with Crippen LogP contribution in [0.1, 0.15) is 13.3 Å². The quantitative estimate of drug-likeness (QED) is 0.636. The van der Waals surface area contributed by atoms with Crippen molar-refractivity contribution >= 4 is 16.9 Å². The van der Waals surface area contributed by atoms with Crippen LogP contribution in [0.15, 0.2) is 39.5 Å². The van der Waals surface area contributed by atoms with Gasteiger partial charge in [-0.25, -0.2) is 4.79 Å². The molecule has 1 aromatic carbocycles. The first-order chi connectivity index (χ1) is 11.0. The molecular formula is C16H20N2O5. The van der Waals surface area contributed by atoms with Gasteiger partial charge in [-0.1, -0.05) is 0 Å². The van der Waals surface area contributed by atoms with Gasteiger partial charge >= 0.3 is 5.63 Å². The molecule has 7 nitrogen and oxygen atoms in total. The van der Waals surface area contributed by atoms with Crippen LogP contribution in [0.5, 0.6) is 5.75 Å². The van der Waals surface area contributed by atoms with Gasteiger partial charge in [0.15, 0.2) is 0 Å². The lowest BCUT2D eigenvalue weighted by Gasteiger charge is -2.13. The number of hydrogen-bond acceptors (Lipinski definition) is 6. The maximum Gasteiger partial charge on any atom is 0.336 e. The molecule has 2 rings (SSSR count). The summed E-state index contributed by atoms with van der Waals surface area (Å²) in [7, 11) is 0. The summed E-state index contributed by atoms with van der Waals surface area (Å²) in [5.41, 5.74) is 5.43. The van der Waals surface area contributed by atoms with Crippen LogP contribution in [0, 0.1) is 0 Å². The number of aliphatic hydroxyl groups excluding tert-OH is 1. The standard InChI is InChI=1S/C16H20N2O5/c1-10(17)16(21)18-9-12(19)6-7-22-13-4-2-11-3-5-15(20)23-14(11)8-13/h2-5,8,10,12,19H,6-7,9,17H2,1H3,(H,18,21). The molecule has 23 heavy (non-hydrogen) atoms. The van der Waals surface area contributed by atoms with Crippen LogP contribution in [0.25, 0.3) is 11.0 Å². The normalized spacial score (nSPS) is 13.5. The molecule has 0 saturated carbocycles. The van der Waals surface area contributed by atoms with Crippen molar-refractivity contribution in [2.24, 2.45) is 5.73 Å². The molecule has 1 amide bonds. The van der Waals surface area contributed by atoms with E-state index in [1.807, 2.05) is 0 Å². The molecule has 1 heterocycles. The molecule has 2 aromatic rings. The van der Waals surface area contributed by atoms with E-state index in [1.54, 1.807) is 31.2 Å². The average Bonchev–Trinajstić information content (AvgIpc) is 2.52. The number of benzene rings is 1. The second-order valence-corrected chi connectivity index (χ2v) is 5.28. The zero-order valence-corrected chi connectivity index (χ0v) is 12.8. The number of aliphatic hydroxyl groups is 1. The van der Waals surface area contributed by atoms with Crippen LogP contribution in [0.3, 0.4) is 0 Å². The van der Waals surface area contributed by atoms with Gasteiger partial charge in [0.05, 0.1) is 18.8 Å². The summed E-state index contributed by atoms with van der Waals surface area (Å²) in [6, 6.07) is 7.59. The van der Waals surface area contributed by atoms with Gasteiger partial charge in [0, 0.05) is 30.5 Å². The van der Waals surface area contributed by atoms with Crippen LogP contribution >= 0.6 is 0 Å². The van der Waals surface area contributed by atoms with E-state index < -0.39 is 17.8 Å².